The van der Waals surface area contributed by atoms with Gasteiger partial charge >= 0.3 is 0 Å². The third-order valence-electron chi connectivity index (χ3n) is 5.03. The van der Waals surface area contributed by atoms with Crippen molar-refractivity contribution in [2.24, 2.45) is 5.73 Å². The first-order valence-corrected chi connectivity index (χ1v) is 9.38. The zero-order chi connectivity index (χ0) is 19.5. The van der Waals surface area contributed by atoms with Gasteiger partial charge in [-0.25, -0.2) is 8.78 Å². The first kappa shape index (κ1) is 18.6. The highest BCUT2D eigenvalue weighted by atomic mass is 19.1. The lowest BCUT2D eigenvalue weighted by Crippen LogP contribution is -2.29. The molecule has 1 aliphatic heterocycles. The van der Waals surface area contributed by atoms with E-state index in [4.69, 9.17) is 10.5 Å². The molecule has 1 aliphatic rings. The first-order chi connectivity index (χ1) is 13.6. The molecule has 5 heteroatoms. The summed E-state index contributed by atoms with van der Waals surface area (Å²) in [6.45, 7) is 1.32. The van der Waals surface area contributed by atoms with Crippen LogP contribution in [-0.4, -0.2) is 25.2 Å². The molecular formula is C23H22F2N2O. The third-order valence-corrected chi connectivity index (χ3v) is 5.03. The van der Waals surface area contributed by atoms with Crippen LogP contribution in [0.2, 0.25) is 0 Å². The van der Waals surface area contributed by atoms with Crippen molar-refractivity contribution in [3.8, 4) is 28.0 Å². The van der Waals surface area contributed by atoms with Crippen molar-refractivity contribution in [2.45, 2.75) is 18.6 Å². The zero-order valence-electron chi connectivity index (χ0n) is 15.4. The summed E-state index contributed by atoms with van der Waals surface area (Å²) in [4.78, 5) is 0. The van der Waals surface area contributed by atoms with Gasteiger partial charge in [-0.3, -0.25) is 0 Å². The molecule has 3 nitrogen and oxygen atoms in total. The van der Waals surface area contributed by atoms with Gasteiger partial charge in [-0.05, 0) is 64.7 Å². The zero-order valence-corrected chi connectivity index (χ0v) is 15.4. The summed E-state index contributed by atoms with van der Waals surface area (Å²) in [6.07, 6.45) is 0.890. The Labute approximate surface area is 163 Å². The maximum Gasteiger partial charge on any atom is 0.123 e. The van der Waals surface area contributed by atoms with Crippen LogP contribution in [-0.2, 0) is 0 Å². The number of hydrogen-bond acceptors (Lipinski definition) is 3. The van der Waals surface area contributed by atoms with Crippen molar-refractivity contribution in [1.29, 1.82) is 0 Å². The van der Waals surface area contributed by atoms with E-state index >= 15 is 0 Å². The van der Waals surface area contributed by atoms with Crippen LogP contribution in [0.25, 0.3) is 22.3 Å². The molecule has 2 atom stereocenters. The minimum absolute atomic E-state index is 0.0399. The molecular weight excluding hydrogens is 358 g/mol. The summed E-state index contributed by atoms with van der Waals surface area (Å²) < 4.78 is 32.9. The number of hydrogen-bond donors (Lipinski definition) is 2. The van der Waals surface area contributed by atoms with Crippen molar-refractivity contribution < 1.29 is 13.5 Å². The fraction of sp³-hybridized carbons (Fsp3) is 0.217. The minimum atomic E-state index is -0.278. The summed E-state index contributed by atoms with van der Waals surface area (Å²) in [5.74, 6) is 0.171. The molecule has 1 heterocycles. The number of rotatable bonds is 5. The fourth-order valence-electron chi connectivity index (χ4n) is 3.53. The van der Waals surface area contributed by atoms with E-state index in [1.54, 1.807) is 24.3 Å². The molecule has 28 heavy (non-hydrogen) atoms. The molecule has 0 radical (unpaired) electrons. The van der Waals surface area contributed by atoms with E-state index in [-0.39, 0.29) is 23.8 Å². The van der Waals surface area contributed by atoms with Crippen LogP contribution in [0.15, 0.2) is 66.7 Å². The Balaban J connectivity index is 1.70. The van der Waals surface area contributed by atoms with Crippen molar-refractivity contribution in [3.05, 3.63) is 78.4 Å². The summed E-state index contributed by atoms with van der Waals surface area (Å²) in [5, 5.41) is 3.35. The van der Waals surface area contributed by atoms with Crippen LogP contribution in [0.3, 0.4) is 0 Å². The van der Waals surface area contributed by atoms with E-state index in [9.17, 15) is 8.78 Å². The van der Waals surface area contributed by atoms with Crippen LogP contribution < -0.4 is 15.8 Å². The standard InChI is InChI=1S/C23H22F2N2O/c24-19-5-1-15(2-6-19)17-9-18(16-3-7-20(25)8-4-16)11-22(10-17)28-23-12-21(13-26)27-14-23/h1-11,21,23,27H,12-14,26H2/t21?,23-/m0/s1. The lowest BCUT2D eigenvalue weighted by molar-refractivity contribution is 0.220. The van der Waals surface area contributed by atoms with E-state index in [0.717, 1.165) is 41.0 Å². The molecule has 0 amide bonds. The lowest BCUT2D eigenvalue weighted by Gasteiger charge is -2.16. The molecule has 0 aromatic heterocycles. The highest BCUT2D eigenvalue weighted by molar-refractivity contribution is 5.75. The van der Waals surface area contributed by atoms with Gasteiger partial charge < -0.3 is 15.8 Å². The molecule has 0 saturated carbocycles. The number of benzene rings is 3. The average molecular weight is 380 g/mol. The third kappa shape index (κ3) is 4.21. The van der Waals surface area contributed by atoms with Crippen LogP contribution in [0.4, 0.5) is 8.78 Å². The molecule has 0 bridgehead atoms. The molecule has 3 aromatic rings. The van der Waals surface area contributed by atoms with Gasteiger partial charge in [-0.1, -0.05) is 24.3 Å². The van der Waals surface area contributed by atoms with E-state index in [1.807, 2.05) is 18.2 Å². The predicted molar refractivity (Wildman–Crippen MR) is 107 cm³/mol. The highest BCUT2D eigenvalue weighted by Crippen LogP contribution is 2.32. The molecule has 1 saturated heterocycles. The second-order valence-electron chi connectivity index (χ2n) is 7.08. The Hall–Kier alpha value is -2.76. The van der Waals surface area contributed by atoms with Gasteiger partial charge in [0.25, 0.3) is 0 Å². The fourth-order valence-corrected chi connectivity index (χ4v) is 3.53. The van der Waals surface area contributed by atoms with Crippen LogP contribution in [0, 0.1) is 11.6 Å². The molecule has 1 fully saturated rings. The number of ether oxygens (including phenoxy) is 1. The molecule has 3 aromatic carbocycles. The van der Waals surface area contributed by atoms with E-state index in [2.05, 4.69) is 5.32 Å². The highest BCUT2D eigenvalue weighted by Gasteiger charge is 2.24. The molecule has 1 unspecified atom stereocenters. The first-order valence-electron chi connectivity index (χ1n) is 9.38. The normalized spacial score (nSPS) is 19.0. The summed E-state index contributed by atoms with van der Waals surface area (Å²) in [6, 6.07) is 18.9. The summed E-state index contributed by atoms with van der Waals surface area (Å²) in [7, 11) is 0. The van der Waals surface area contributed by atoms with Crippen molar-refractivity contribution in [2.75, 3.05) is 13.1 Å². The minimum Gasteiger partial charge on any atom is -0.489 e. The largest absolute Gasteiger partial charge is 0.489 e. The second kappa shape index (κ2) is 8.09. The number of nitrogens with one attached hydrogen (secondary N) is 1. The SMILES string of the molecule is NCC1C[C@H](Oc2cc(-c3ccc(F)cc3)cc(-c3ccc(F)cc3)c2)CN1. The van der Waals surface area contributed by atoms with E-state index in [1.165, 1.54) is 24.3 Å². The van der Waals surface area contributed by atoms with Crippen molar-refractivity contribution in [1.82, 2.24) is 5.32 Å². The quantitative estimate of drug-likeness (QED) is 0.691. The maximum absolute atomic E-state index is 13.3. The Morgan fingerprint density at radius 1 is 0.821 bits per heavy atom. The van der Waals surface area contributed by atoms with Gasteiger partial charge in [0.05, 0.1) is 0 Å². The van der Waals surface area contributed by atoms with Gasteiger partial charge in [-0.15, -0.1) is 0 Å². The molecule has 0 aliphatic carbocycles. The van der Waals surface area contributed by atoms with Gasteiger partial charge in [0.1, 0.15) is 23.5 Å². The van der Waals surface area contributed by atoms with Crippen LogP contribution in [0.1, 0.15) is 6.42 Å². The van der Waals surface area contributed by atoms with Gasteiger partial charge in [0, 0.05) is 25.6 Å². The second-order valence-corrected chi connectivity index (χ2v) is 7.08. The maximum atomic E-state index is 13.3. The summed E-state index contributed by atoms with van der Waals surface area (Å²) in [5.41, 5.74) is 9.34. The lowest BCUT2D eigenvalue weighted by atomic mass is 9.98. The Kier molecular flexibility index (Phi) is 5.37. The Bertz CT molecular complexity index is 878. The molecule has 144 valence electrons. The van der Waals surface area contributed by atoms with Crippen LogP contribution in [0.5, 0.6) is 5.75 Å². The van der Waals surface area contributed by atoms with Gasteiger partial charge in [-0.2, -0.15) is 0 Å². The van der Waals surface area contributed by atoms with E-state index < -0.39 is 0 Å². The Morgan fingerprint density at radius 3 is 1.82 bits per heavy atom. The predicted octanol–water partition coefficient (Wildman–Crippen LogP) is 4.37. The van der Waals surface area contributed by atoms with Crippen molar-refractivity contribution in [3.63, 3.8) is 0 Å². The topological polar surface area (TPSA) is 47.3 Å². The average Bonchev–Trinajstić information content (AvgIpc) is 3.16. The van der Waals surface area contributed by atoms with Crippen LogP contribution >= 0.6 is 0 Å². The smallest absolute Gasteiger partial charge is 0.123 e. The number of nitrogens with two attached hydrogens (primary N) is 1. The van der Waals surface area contributed by atoms with Crippen molar-refractivity contribution >= 4 is 0 Å². The molecule has 3 N–H and O–H groups in total. The molecule has 0 spiro atoms. The molecule has 4 rings (SSSR count). The summed E-state index contributed by atoms with van der Waals surface area (Å²) >= 11 is 0. The van der Waals surface area contributed by atoms with Gasteiger partial charge in [0.2, 0.25) is 0 Å². The van der Waals surface area contributed by atoms with E-state index in [0.29, 0.717) is 6.54 Å². The Morgan fingerprint density at radius 2 is 1.36 bits per heavy atom. The monoisotopic (exact) mass is 380 g/mol. The number of halogens is 2. The van der Waals surface area contributed by atoms with Gasteiger partial charge in [0.15, 0.2) is 0 Å².